The molecule has 1 amide bonds. The fraction of sp³-hybridized carbons (Fsp3) is 0.333. The molecule has 30 heavy (non-hydrogen) atoms. The maximum absolute atomic E-state index is 12.8. The van der Waals surface area contributed by atoms with Gasteiger partial charge in [0.15, 0.2) is 5.69 Å². The Morgan fingerprint density at radius 1 is 1.10 bits per heavy atom. The zero-order valence-corrected chi connectivity index (χ0v) is 15.1. The highest BCUT2D eigenvalue weighted by Crippen LogP contribution is 2.29. The van der Waals surface area contributed by atoms with Crippen LogP contribution < -0.4 is 5.32 Å². The number of aryl methyl sites for hydroxylation is 1. The van der Waals surface area contributed by atoms with Crippen molar-refractivity contribution in [2.24, 2.45) is 7.05 Å². The van der Waals surface area contributed by atoms with E-state index in [-0.39, 0.29) is 17.4 Å². The predicted octanol–water partition coefficient (Wildman–Crippen LogP) is 2.79. The topological polar surface area (TPSA) is 112 Å². The molecule has 3 aromatic rings. The molecule has 0 saturated heterocycles. The molecular formula is C15H11F6N7O2. The van der Waals surface area contributed by atoms with Gasteiger partial charge in [0.05, 0.1) is 0 Å². The van der Waals surface area contributed by atoms with E-state index in [0.29, 0.717) is 12.1 Å². The van der Waals surface area contributed by atoms with E-state index in [1.54, 1.807) is 0 Å². The first-order chi connectivity index (χ1) is 13.9. The van der Waals surface area contributed by atoms with Crippen LogP contribution in [0.3, 0.4) is 0 Å². The van der Waals surface area contributed by atoms with Crippen molar-refractivity contribution in [2.45, 2.75) is 25.3 Å². The number of aromatic nitrogens is 6. The van der Waals surface area contributed by atoms with E-state index in [2.05, 4.69) is 30.5 Å². The van der Waals surface area contributed by atoms with Crippen LogP contribution in [-0.4, -0.2) is 35.8 Å². The van der Waals surface area contributed by atoms with Crippen LogP contribution in [0.1, 0.15) is 40.7 Å². The van der Waals surface area contributed by atoms with Gasteiger partial charge >= 0.3 is 12.4 Å². The summed E-state index contributed by atoms with van der Waals surface area (Å²) in [5.41, 5.74) is -2.84. The van der Waals surface area contributed by atoms with Gasteiger partial charge in [0.2, 0.25) is 17.5 Å². The molecule has 0 bridgehead atoms. The number of carbonyl (C=O) groups is 1. The molecule has 0 aliphatic rings. The fourth-order valence-corrected chi connectivity index (χ4v) is 2.28. The molecule has 3 rings (SSSR count). The van der Waals surface area contributed by atoms with Gasteiger partial charge < -0.3 is 9.84 Å². The van der Waals surface area contributed by atoms with E-state index in [1.165, 1.54) is 6.92 Å². The Morgan fingerprint density at radius 2 is 1.77 bits per heavy atom. The molecule has 0 aliphatic heterocycles. The average molecular weight is 435 g/mol. The number of carbonyl (C=O) groups excluding carboxylic acids is 1. The second-order valence-electron chi connectivity index (χ2n) is 5.95. The maximum atomic E-state index is 12.8. The van der Waals surface area contributed by atoms with Gasteiger partial charge in [-0.2, -0.15) is 36.4 Å². The zero-order valence-electron chi connectivity index (χ0n) is 15.1. The summed E-state index contributed by atoms with van der Waals surface area (Å²) in [5, 5.41) is 9.03. The number of alkyl halides is 6. The number of hydrogen-bond donors (Lipinski definition) is 1. The molecule has 0 aromatic carbocycles. The SMILES string of the molecule is C[C@H](NC(=O)c1cc(C(F)(F)F)nn1C)c1nc(-c2nccc(C(F)(F)F)n2)no1. The summed E-state index contributed by atoms with van der Waals surface area (Å²) in [7, 11) is 1.16. The van der Waals surface area contributed by atoms with Crippen molar-refractivity contribution in [1.82, 2.24) is 35.2 Å². The zero-order chi connectivity index (χ0) is 22.3. The predicted molar refractivity (Wildman–Crippen MR) is 84.4 cm³/mol. The Kier molecular flexibility index (Phi) is 5.22. The first-order valence-corrected chi connectivity index (χ1v) is 8.02. The van der Waals surface area contributed by atoms with Gasteiger partial charge in [-0.3, -0.25) is 9.48 Å². The summed E-state index contributed by atoms with van der Waals surface area (Å²) in [4.78, 5) is 23.0. The maximum Gasteiger partial charge on any atom is 0.435 e. The van der Waals surface area contributed by atoms with Crippen LogP contribution in [0.5, 0.6) is 0 Å². The summed E-state index contributed by atoms with van der Waals surface area (Å²) >= 11 is 0. The second kappa shape index (κ2) is 7.38. The lowest BCUT2D eigenvalue weighted by molar-refractivity contribution is -0.142. The van der Waals surface area contributed by atoms with E-state index < -0.39 is 41.5 Å². The lowest BCUT2D eigenvalue weighted by Gasteiger charge is -2.09. The van der Waals surface area contributed by atoms with Crippen LogP contribution >= 0.6 is 0 Å². The molecule has 3 aromatic heterocycles. The molecule has 15 heteroatoms. The Bertz CT molecular complexity index is 1070. The van der Waals surface area contributed by atoms with E-state index >= 15 is 0 Å². The smallest absolute Gasteiger partial charge is 0.339 e. The molecule has 0 aliphatic carbocycles. The molecule has 0 spiro atoms. The first-order valence-electron chi connectivity index (χ1n) is 8.02. The standard InChI is InChI=1S/C15H11F6N7O2/c1-6(23-12(29)7-5-9(15(19,20)21)26-28(7)2)13-25-11(27-30-13)10-22-4-3-8(24-10)14(16,17)18/h3-6H,1-2H3,(H,23,29)/t6-/m0/s1. The number of amides is 1. The van der Waals surface area contributed by atoms with Gasteiger partial charge in [0, 0.05) is 19.3 Å². The third-order valence-electron chi connectivity index (χ3n) is 3.71. The van der Waals surface area contributed by atoms with Crippen molar-refractivity contribution in [3.8, 4) is 11.6 Å². The minimum absolute atomic E-state index is 0.224. The lowest BCUT2D eigenvalue weighted by atomic mass is 10.3. The van der Waals surface area contributed by atoms with Gasteiger partial charge in [0.25, 0.3) is 5.91 Å². The monoisotopic (exact) mass is 435 g/mol. The Labute approximate surface area is 163 Å². The summed E-state index contributed by atoms with van der Waals surface area (Å²) in [6.07, 6.45) is -8.56. The molecule has 3 heterocycles. The van der Waals surface area contributed by atoms with Crippen molar-refractivity contribution >= 4 is 5.91 Å². The van der Waals surface area contributed by atoms with Crippen molar-refractivity contribution in [3.63, 3.8) is 0 Å². The van der Waals surface area contributed by atoms with Crippen LogP contribution in [-0.2, 0) is 19.4 Å². The van der Waals surface area contributed by atoms with E-state index in [4.69, 9.17) is 4.52 Å². The fourth-order valence-electron chi connectivity index (χ4n) is 2.28. The van der Waals surface area contributed by atoms with Crippen LogP contribution in [0.25, 0.3) is 11.6 Å². The minimum Gasteiger partial charge on any atom is -0.339 e. The number of nitrogens with zero attached hydrogens (tertiary/aromatic N) is 6. The summed E-state index contributed by atoms with van der Waals surface area (Å²) < 4.78 is 82.0. The van der Waals surface area contributed by atoms with Crippen molar-refractivity contribution in [2.75, 3.05) is 0 Å². The van der Waals surface area contributed by atoms with Gasteiger partial charge in [0.1, 0.15) is 17.4 Å². The Hall–Kier alpha value is -3.52. The highest BCUT2D eigenvalue weighted by Gasteiger charge is 2.36. The third-order valence-corrected chi connectivity index (χ3v) is 3.71. The lowest BCUT2D eigenvalue weighted by Crippen LogP contribution is -2.28. The number of halogens is 6. The largest absolute Gasteiger partial charge is 0.435 e. The van der Waals surface area contributed by atoms with Gasteiger partial charge in [-0.1, -0.05) is 5.16 Å². The van der Waals surface area contributed by atoms with Gasteiger partial charge in [-0.25, -0.2) is 9.97 Å². The van der Waals surface area contributed by atoms with Crippen molar-refractivity contribution in [3.05, 3.63) is 41.3 Å². The quantitative estimate of drug-likeness (QED) is 0.628. The third kappa shape index (κ3) is 4.38. The molecule has 0 fully saturated rings. The van der Waals surface area contributed by atoms with Crippen LogP contribution in [0.2, 0.25) is 0 Å². The van der Waals surface area contributed by atoms with E-state index in [9.17, 15) is 31.1 Å². The molecule has 0 radical (unpaired) electrons. The molecule has 0 saturated carbocycles. The van der Waals surface area contributed by atoms with E-state index in [1.807, 2.05) is 0 Å². The van der Waals surface area contributed by atoms with Gasteiger partial charge in [-0.15, -0.1) is 0 Å². The number of hydrogen-bond acceptors (Lipinski definition) is 7. The highest BCUT2D eigenvalue weighted by atomic mass is 19.4. The highest BCUT2D eigenvalue weighted by molar-refractivity contribution is 5.92. The number of nitrogens with one attached hydrogen (secondary N) is 1. The molecule has 160 valence electrons. The van der Waals surface area contributed by atoms with Crippen LogP contribution in [0.15, 0.2) is 22.9 Å². The van der Waals surface area contributed by atoms with Crippen LogP contribution in [0, 0.1) is 0 Å². The van der Waals surface area contributed by atoms with Crippen molar-refractivity contribution in [1.29, 1.82) is 0 Å². The molecule has 0 unspecified atom stereocenters. The number of rotatable bonds is 4. The molecular weight excluding hydrogens is 424 g/mol. The molecule has 9 nitrogen and oxygen atoms in total. The summed E-state index contributed by atoms with van der Waals surface area (Å²) in [5.74, 6) is -1.96. The average Bonchev–Trinajstić information content (AvgIpc) is 3.28. The molecule has 1 atom stereocenters. The normalized spacial score (nSPS) is 13.3. The van der Waals surface area contributed by atoms with Gasteiger partial charge in [-0.05, 0) is 13.0 Å². The Morgan fingerprint density at radius 3 is 2.37 bits per heavy atom. The van der Waals surface area contributed by atoms with E-state index in [0.717, 1.165) is 17.9 Å². The van der Waals surface area contributed by atoms with Crippen molar-refractivity contribution < 1.29 is 35.7 Å². The summed E-state index contributed by atoms with van der Waals surface area (Å²) in [6, 6.07) is 0.239. The summed E-state index contributed by atoms with van der Waals surface area (Å²) in [6.45, 7) is 1.38. The molecule has 1 N–H and O–H groups in total. The van der Waals surface area contributed by atoms with Crippen LogP contribution in [0.4, 0.5) is 26.3 Å². The second-order valence-corrected chi connectivity index (χ2v) is 5.95. The first kappa shape index (κ1) is 21.2. The minimum atomic E-state index is -4.73. The Balaban J connectivity index is 1.77.